The van der Waals surface area contributed by atoms with Gasteiger partial charge in [0.2, 0.25) is 5.43 Å². The molecule has 0 bridgehead atoms. The number of methoxy groups -OCH3 is 1. The lowest BCUT2D eigenvalue weighted by molar-refractivity contribution is 0.0936. The third-order valence-electron chi connectivity index (χ3n) is 4.65. The van der Waals surface area contributed by atoms with E-state index >= 15 is 0 Å². The summed E-state index contributed by atoms with van der Waals surface area (Å²) >= 11 is 0. The topological polar surface area (TPSA) is 60.3 Å². The van der Waals surface area contributed by atoms with Crippen LogP contribution in [0.5, 0.6) is 5.75 Å². The molecule has 1 aliphatic carbocycles. The highest BCUT2D eigenvalue weighted by Gasteiger charge is 2.20. The molecule has 1 atom stereocenters. The number of fused-ring (bicyclic) bond motifs is 1. The minimum atomic E-state index is -0.285. The molecule has 126 valence electrons. The molecule has 3 rings (SSSR count). The fourth-order valence-corrected chi connectivity index (χ4v) is 3.26. The van der Waals surface area contributed by atoms with Gasteiger partial charge in [-0.15, -0.1) is 0 Å². The van der Waals surface area contributed by atoms with Crippen LogP contribution in [-0.4, -0.2) is 24.1 Å². The summed E-state index contributed by atoms with van der Waals surface area (Å²) < 4.78 is 6.60. The number of nitrogens with one attached hydrogen (secondary N) is 1. The summed E-state index contributed by atoms with van der Waals surface area (Å²) in [5, 5.41) is 2.97. The molecular formula is C19H22N2O3. The number of nitrogens with zero attached hydrogens (tertiary/aromatic N) is 1. The van der Waals surface area contributed by atoms with Crippen molar-refractivity contribution in [2.45, 2.75) is 19.3 Å². The van der Waals surface area contributed by atoms with E-state index in [2.05, 4.69) is 29.6 Å². The molecule has 1 unspecified atom stereocenters. The number of benzene rings is 1. The number of hydrogen-bond donors (Lipinski definition) is 1. The minimum Gasteiger partial charge on any atom is -0.491 e. The average Bonchev–Trinajstić information content (AvgIpc) is 2.61. The predicted octanol–water partition coefficient (Wildman–Crippen LogP) is 1.93. The SMILES string of the molecule is COc1cn(C)c(C(=O)NCC2CCc3ccccc3C2)cc1=O. The van der Waals surface area contributed by atoms with Gasteiger partial charge in [0, 0.05) is 19.7 Å². The first kappa shape index (κ1) is 16.3. The first-order valence-electron chi connectivity index (χ1n) is 8.18. The number of aryl methyl sites for hydroxylation is 2. The number of rotatable bonds is 4. The summed E-state index contributed by atoms with van der Waals surface area (Å²) in [6.45, 7) is 0.618. The standard InChI is InChI=1S/C19H22N2O3/c1-21-12-18(24-2)17(22)10-16(21)19(23)20-11-13-7-8-14-5-3-4-6-15(14)9-13/h3-6,10,12-13H,7-9,11H2,1-2H3,(H,20,23). The van der Waals surface area contributed by atoms with Crippen LogP contribution in [0, 0.1) is 5.92 Å². The Bertz CT molecular complexity index is 810. The van der Waals surface area contributed by atoms with Gasteiger partial charge >= 0.3 is 0 Å². The van der Waals surface area contributed by atoms with Crippen LogP contribution in [0.15, 0.2) is 41.3 Å². The normalized spacial score (nSPS) is 16.3. The van der Waals surface area contributed by atoms with Gasteiger partial charge in [-0.1, -0.05) is 24.3 Å². The highest BCUT2D eigenvalue weighted by Crippen LogP contribution is 2.24. The summed E-state index contributed by atoms with van der Waals surface area (Å²) in [5.74, 6) is 0.438. The number of carbonyl (C=O) groups is 1. The fraction of sp³-hybridized carbons (Fsp3) is 0.368. The van der Waals surface area contributed by atoms with E-state index < -0.39 is 0 Å². The third kappa shape index (κ3) is 3.35. The Morgan fingerprint density at radius 2 is 2.08 bits per heavy atom. The molecule has 0 aliphatic heterocycles. The van der Waals surface area contributed by atoms with Crippen molar-refractivity contribution in [2.75, 3.05) is 13.7 Å². The Morgan fingerprint density at radius 1 is 1.33 bits per heavy atom. The van der Waals surface area contributed by atoms with Gasteiger partial charge in [0.25, 0.3) is 5.91 Å². The third-order valence-corrected chi connectivity index (χ3v) is 4.65. The summed E-state index contributed by atoms with van der Waals surface area (Å²) in [6, 6.07) is 9.80. The molecule has 0 radical (unpaired) electrons. The number of amides is 1. The molecule has 5 heteroatoms. The van der Waals surface area contributed by atoms with Crippen LogP contribution in [0.3, 0.4) is 0 Å². The van der Waals surface area contributed by atoms with Gasteiger partial charge in [0.15, 0.2) is 5.75 Å². The first-order chi connectivity index (χ1) is 11.6. The van der Waals surface area contributed by atoms with Gasteiger partial charge in [0.05, 0.1) is 13.3 Å². The maximum atomic E-state index is 12.4. The molecule has 1 aliphatic rings. The van der Waals surface area contributed by atoms with E-state index in [1.54, 1.807) is 11.6 Å². The quantitative estimate of drug-likeness (QED) is 0.934. The van der Waals surface area contributed by atoms with E-state index in [4.69, 9.17) is 4.74 Å². The Labute approximate surface area is 141 Å². The number of aromatic nitrogens is 1. The van der Waals surface area contributed by atoms with E-state index in [1.165, 1.54) is 30.5 Å². The largest absolute Gasteiger partial charge is 0.491 e. The molecule has 0 saturated carbocycles. The maximum absolute atomic E-state index is 12.4. The molecule has 0 fully saturated rings. The number of pyridine rings is 1. The van der Waals surface area contributed by atoms with Crippen molar-refractivity contribution < 1.29 is 9.53 Å². The van der Waals surface area contributed by atoms with Crippen molar-refractivity contribution >= 4 is 5.91 Å². The Morgan fingerprint density at radius 3 is 2.83 bits per heavy atom. The van der Waals surface area contributed by atoms with E-state index in [0.29, 0.717) is 18.2 Å². The molecule has 1 aromatic heterocycles. The van der Waals surface area contributed by atoms with Crippen LogP contribution >= 0.6 is 0 Å². The number of carbonyl (C=O) groups excluding carboxylic acids is 1. The molecule has 1 aromatic carbocycles. The minimum absolute atomic E-state index is 0.226. The number of hydrogen-bond acceptors (Lipinski definition) is 3. The smallest absolute Gasteiger partial charge is 0.268 e. The zero-order valence-electron chi connectivity index (χ0n) is 14.0. The van der Waals surface area contributed by atoms with Crippen molar-refractivity contribution in [1.29, 1.82) is 0 Å². The summed E-state index contributed by atoms with van der Waals surface area (Å²) in [7, 11) is 3.17. The second kappa shape index (κ2) is 6.91. The van der Waals surface area contributed by atoms with E-state index in [-0.39, 0.29) is 17.1 Å². The molecule has 2 aromatic rings. The zero-order chi connectivity index (χ0) is 17.1. The molecule has 1 amide bonds. The second-order valence-electron chi connectivity index (χ2n) is 6.29. The van der Waals surface area contributed by atoms with Crippen molar-refractivity contribution in [3.05, 3.63) is 63.6 Å². The Balaban J connectivity index is 1.65. The lowest BCUT2D eigenvalue weighted by Gasteiger charge is -2.24. The highest BCUT2D eigenvalue weighted by molar-refractivity contribution is 5.92. The monoisotopic (exact) mass is 326 g/mol. The molecule has 24 heavy (non-hydrogen) atoms. The molecule has 1 N–H and O–H groups in total. The number of ether oxygens (including phenoxy) is 1. The zero-order valence-corrected chi connectivity index (χ0v) is 14.0. The van der Waals surface area contributed by atoms with Gasteiger partial charge in [-0.25, -0.2) is 0 Å². The maximum Gasteiger partial charge on any atom is 0.268 e. The predicted molar refractivity (Wildman–Crippen MR) is 92.5 cm³/mol. The van der Waals surface area contributed by atoms with Crippen LogP contribution in [0.2, 0.25) is 0 Å². The van der Waals surface area contributed by atoms with Crippen LogP contribution in [0.1, 0.15) is 28.0 Å². The van der Waals surface area contributed by atoms with E-state index in [1.807, 2.05) is 0 Å². The van der Waals surface area contributed by atoms with Crippen LogP contribution in [0.25, 0.3) is 0 Å². The van der Waals surface area contributed by atoms with Crippen molar-refractivity contribution in [3.8, 4) is 5.75 Å². The van der Waals surface area contributed by atoms with Crippen LogP contribution in [-0.2, 0) is 19.9 Å². The fourth-order valence-electron chi connectivity index (χ4n) is 3.26. The average molecular weight is 326 g/mol. The lowest BCUT2D eigenvalue weighted by atomic mass is 9.84. The van der Waals surface area contributed by atoms with Gasteiger partial charge in [-0.05, 0) is 36.3 Å². The molecule has 5 nitrogen and oxygen atoms in total. The van der Waals surface area contributed by atoms with Gasteiger partial charge in [-0.3, -0.25) is 9.59 Å². The van der Waals surface area contributed by atoms with Crippen molar-refractivity contribution in [1.82, 2.24) is 9.88 Å². The Hall–Kier alpha value is -2.56. The summed E-state index contributed by atoms with van der Waals surface area (Å²) in [5.41, 5.74) is 2.85. The summed E-state index contributed by atoms with van der Waals surface area (Å²) in [6.07, 6.45) is 4.64. The Kier molecular flexibility index (Phi) is 4.69. The van der Waals surface area contributed by atoms with Gasteiger partial charge in [0.1, 0.15) is 5.69 Å². The van der Waals surface area contributed by atoms with Crippen LogP contribution in [0.4, 0.5) is 0 Å². The van der Waals surface area contributed by atoms with Gasteiger partial charge in [-0.2, -0.15) is 0 Å². The van der Waals surface area contributed by atoms with Gasteiger partial charge < -0.3 is 14.6 Å². The van der Waals surface area contributed by atoms with E-state index in [9.17, 15) is 9.59 Å². The summed E-state index contributed by atoms with van der Waals surface area (Å²) in [4.78, 5) is 24.2. The highest BCUT2D eigenvalue weighted by atomic mass is 16.5. The van der Waals surface area contributed by atoms with Crippen molar-refractivity contribution in [3.63, 3.8) is 0 Å². The molecule has 0 spiro atoms. The molecular weight excluding hydrogens is 304 g/mol. The van der Waals surface area contributed by atoms with Crippen molar-refractivity contribution in [2.24, 2.45) is 13.0 Å². The van der Waals surface area contributed by atoms with Crippen LogP contribution < -0.4 is 15.5 Å². The molecule has 0 saturated heterocycles. The first-order valence-corrected chi connectivity index (χ1v) is 8.18. The second-order valence-corrected chi connectivity index (χ2v) is 6.29. The molecule has 1 heterocycles. The van der Waals surface area contributed by atoms with E-state index in [0.717, 1.165) is 19.3 Å². The lowest BCUT2D eigenvalue weighted by Crippen LogP contribution is -2.34.